The van der Waals surface area contributed by atoms with Crippen LogP contribution in [0.15, 0.2) is 17.1 Å². The maximum Gasteiger partial charge on any atom is 0.235 e. The Bertz CT molecular complexity index is 511. The van der Waals surface area contributed by atoms with Crippen LogP contribution in [0.25, 0.3) is 0 Å². The van der Waals surface area contributed by atoms with Gasteiger partial charge >= 0.3 is 0 Å². The molecule has 17 heavy (non-hydrogen) atoms. The zero-order valence-corrected chi connectivity index (χ0v) is 9.70. The van der Waals surface area contributed by atoms with Crippen LogP contribution in [0.2, 0.25) is 0 Å². The van der Waals surface area contributed by atoms with Gasteiger partial charge in [-0.3, -0.25) is 0 Å². The largest absolute Gasteiger partial charge is 0.507 e. The van der Waals surface area contributed by atoms with E-state index in [0.29, 0.717) is 5.75 Å². The molecule has 3 nitrogen and oxygen atoms in total. The average Bonchev–Trinajstić information content (AvgIpc) is 3.11. The number of aryl methyl sites for hydroxylation is 1. The fraction of sp³-hybridized carbons (Fsp3) is 0.500. The number of carbonyl (C=O) groups excluding carboxylic acids is 1. The summed E-state index contributed by atoms with van der Waals surface area (Å²) in [6.07, 6.45) is 7.64. The van der Waals surface area contributed by atoms with Gasteiger partial charge in [0.05, 0.1) is 0 Å². The van der Waals surface area contributed by atoms with Gasteiger partial charge in [0.15, 0.2) is 0 Å². The van der Waals surface area contributed by atoms with Crippen molar-refractivity contribution in [1.82, 2.24) is 0 Å². The minimum absolute atomic E-state index is 0.374. The van der Waals surface area contributed by atoms with Crippen molar-refractivity contribution in [3.63, 3.8) is 0 Å². The van der Waals surface area contributed by atoms with Crippen LogP contribution >= 0.6 is 0 Å². The predicted molar refractivity (Wildman–Crippen MR) is 63.8 cm³/mol. The van der Waals surface area contributed by atoms with E-state index in [1.807, 2.05) is 6.07 Å². The molecule has 0 aromatic heterocycles. The van der Waals surface area contributed by atoms with Crippen LogP contribution in [0.1, 0.15) is 42.4 Å². The molecular weight excluding hydrogens is 214 g/mol. The molecule has 0 heterocycles. The van der Waals surface area contributed by atoms with Crippen molar-refractivity contribution in [2.75, 3.05) is 0 Å². The highest BCUT2D eigenvalue weighted by Crippen LogP contribution is 2.53. The lowest BCUT2D eigenvalue weighted by Gasteiger charge is -2.20. The van der Waals surface area contributed by atoms with Crippen molar-refractivity contribution in [1.29, 1.82) is 0 Å². The van der Waals surface area contributed by atoms with E-state index in [1.54, 1.807) is 6.08 Å². The number of rotatable bonds is 2. The smallest absolute Gasteiger partial charge is 0.235 e. The number of hydrogen-bond acceptors (Lipinski definition) is 3. The van der Waals surface area contributed by atoms with Gasteiger partial charge in [0.25, 0.3) is 0 Å². The van der Waals surface area contributed by atoms with E-state index in [-0.39, 0.29) is 0 Å². The van der Waals surface area contributed by atoms with Crippen LogP contribution in [0.4, 0.5) is 0 Å². The Morgan fingerprint density at radius 1 is 1.24 bits per heavy atom. The van der Waals surface area contributed by atoms with E-state index in [1.165, 1.54) is 12.0 Å². The third-order valence-corrected chi connectivity index (χ3v) is 3.99. The zero-order chi connectivity index (χ0) is 11.9. The third-order valence-electron chi connectivity index (χ3n) is 3.99. The number of aliphatic imine (C=N–C) groups is 1. The molecule has 3 heteroatoms. The Labute approximate surface area is 100 Å². The Hall–Kier alpha value is -1.60. The number of isocyanates is 1. The van der Waals surface area contributed by atoms with Crippen molar-refractivity contribution >= 4 is 6.08 Å². The van der Waals surface area contributed by atoms with E-state index in [2.05, 4.69) is 11.1 Å². The SMILES string of the molecule is O=C=NC1(c2ccc3c(c2O)CCCC3)CC1. The molecule has 1 saturated carbocycles. The van der Waals surface area contributed by atoms with Crippen LogP contribution in [-0.4, -0.2) is 11.2 Å². The Morgan fingerprint density at radius 2 is 2.00 bits per heavy atom. The van der Waals surface area contributed by atoms with Gasteiger partial charge in [-0.1, -0.05) is 12.1 Å². The third kappa shape index (κ3) is 1.58. The van der Waals surface area contributed by atoms with Crippen molar-refractivity contribution in [2.45, 2.75) is 44.1 Å². The molecule has 2 aliphatic rings. The van der Waals surface area contributed by atoms with Crippen LogP contribution in [0, 0.1) is 0 Å². The van der Waals surface area contributed by atoms with Gasteiger partial charge in [-0.15, -0.1) is 0 Å². The summed E-state index contributed by atoms with van der Waals surface area (Å²) in [6, 6.07) is 4.03. The molecule has 3 rings (SSSR count). The highest BCUT2D eigenvalue weighted by atomic mass is 16.3. The summed E-state index contributed by atoms with van der Waals surface area (Å²) in [5.41, 5.74) is 2.68. The molecule has 0 amide bonds. The molecule has 1 N–H and O–H groups in total. The lowest BCUT2D eigenvalue weighted by atomic mass is 9.87. The van der Waals surface area contributed by atoms with Gasteiger partial charge in [-0.2, -0.15) is 4.99 Å². The maximum atomic E-state index is 10.5. The topological polar surface area (TPSA) is 49.7 Å². The Kier molecular flexibility index (Phi) is 2.30. The van der Waals surface area contributed by atoms with E-state index < -0.39 is 5.54 Å². The minimum Gasteiger partial charge on any atom is -0.507 e. The second kappa shape index (κ2) is 3.71. The number of benzene rings is 1. The maximum absolute atomic E-state index is 10.5. The fourth-order valence-corrected chi connectivity index (χ4v) is 2.83. The predicted octanol–water partition coefficient (Wildman–Crippen LogP) is 2.60. The minimum atomic E-state index is -0.460. The summed E-state index contributed by atoms with van der Waals surface area (Å²) >= 11 is 0. The first-order valence-corrected chi connectivity index (χ1v) is 6.20. The molecule has 2 aliphatic carbocycles. The number of phenolic OH excluding ortho intramolecular Hbond substituents is 1. The summed E-state index contributed by atoms with van der Waals surface area (Å²) in [7, 11) is 0. The number of phenols is 1. The second-order valence-electron chi connectivity index (χ2n) is 5.04. The van der Waals surface area contributed by atoms with Crippen molar-refractivity contribution < 1.29 is 9.90 Å². The second-order valence-corrected chi connectivity index (χ2v) is 5.04. The normalized spacial score (nSPS) is 20.2. The molecule has 88 valence electrons. The van der Waals surface area contributed by atoms with Crippen LogP contribution in [-0.2, 0) is 23.2 Å². The quantitative estimate of drug-likeness (QED) is 0.626. The summed E-state index contributed by atoms with van der Waals surface area (Å²) in [5.74, 6) is 0.374. The molecule has 1 aromatic rings. The standard InChI is InChI=1S/C14H15NO2/c16-9-15-14(7-8-14)12-6-5-10-3-1-2-4-11(10)13(12)17/h5-6,17H,1-4,7-8H2. The average molecular weight is 229 g/mol. The molecule has 0 aliphatic heterocycles. The lowest BCUT2D eigenvalue weighted by Crippen LogP contribution is -2.09. The molecule has 0 saturated heterocycles. The molecule has 0 spiro atoms. The molecule has 0 unspecified atom stereocenters. The lowest BCUT2D eigenvalue weighted by molar-refractivity contribution is 0.446. The molecular formula is C14H15NO2. The molecule has 0 atom stereocenters. The number of hydrogen-bond donors (Lipinski definition) is 1. The molecule has 0 radical (unpaired) electrons. The monoisotopic (exact) mass is 229 g/mol. The Balaban J connectivity index is 2.10. The summed E-state index contributed by atoms with van der Waals surface area (Å²) in [4.78, 5) is 14.3. The zero-order valence-electron chi connectivity index (χ0n) is 9.70. The van der Waals surface area contributed by atoms with Crippen LogP contribution < -0.4 is 0 Å². The van der Waals surface area contributed by atoms with Gasteiger partial charge in [-0.25, -0.2) is 4.79 Å². The summed E-state index contributed by atoms with van der Waals surface area (Å²) in [5, 5.41) is 10.3. The van der Waals surface area contributed by atoms with E-state index >= 15 is 0 Å². The van der Waals surface area contributed by atoms with Crippen molar-refractivity contribution in [3.05, 3.63) is 28.8 Å². The van der Waals surface area contributed by atoms with E-state index in [9.17, 15) is 9.90 Å². The van der Waals surface area contributed by atoms with Gasteiger partial charge in [0.2, 0.25) is 6.08 Å². The summed E-state index contributed by atoms with van der Waals surface area (Å²) in [6.45, 7) is 0. The van der Waals surface area contributed by atoms with Crippen molar-refractivity contribution in [3.8, 4) is 5.75 Å². The molecule has 1 fully saturated rings. The summed E-state index contributed by atoms with van der Waals surface area (Å²) < 4.78 is 0. The Morgan fingerprint density at radius 3 is 2.71 bits per heavy atom. The van der Waals surface area contributed by atoms with Gasteiger partial charge in [0, 0.05) is 5.56 Å². The first kappa shape index (κ1) is 10.5. The number of aromatic hydroxyl groups is 1. The first-order chi connectivity index (χ1) is 8.27. The van der Waals surface area contributed by atoms with Gasteiger partial charge < -0.3 is 5.11 Å². The van der Waals surface area contributed by atoms with Gasteiger partial charge in [-0.05, 0) is 49.7 Å². The molecule has 1 aromatic carbocycles. The fourth-order valence-electron chi connectivity index (χ4n) is 2.83. The highest BCUT2D eigenvalue weighted by Gasteiger charge is 2.47. The molecule has 0 bridgehead atoms. The van der Waals surface area contributed by atoms with E-state index in [4.69, 9.17) is 0 Å². The highest BCUT2D eigenvalue weighted by molar-refractivity contribution is 5.53. The van der Waals surface area contributed by atoms with Crippen LogP contribution in [0.5, 0.6) is 5.75 Å². The van der Waals surface area contributed by atoms with Crippen molar-refractivity contribution in [2.24, 2.45) is 4.99 Å². The van der Waals surface area contributed by atoms with Gasteiger partial charge in [0.1, 0.15) is 11.3 Å². The number of nitrogens with zero attached hydrogens (tertiary/aromatic N) is 1. The number of fused-ring (bicyclic) bond motifs is 1. The first-order valence-electron chi connectivity index (χ1n) is 6.20. The van der Waals surface area contributed by atoms with E-state index in [0.717, 1.165) is 43.2 Å². The van der Waals surface area contributed by atoms with Crippen LogP contribution in [0.3, 0.4) is 0 Å².